The van der Waals surface area contributed by atoms with Gasteiger partial charge in [-0.3, -0.25) is 0 Å². The van der Waals surface area contributed by atoms with Gasteiger partial charge in [0.05, 0.1) is 13.2 Å². The maximum Gasteiger partial charge on any atom is 0.120 e. The molecule has 0 aromatic rings. The Morgan fingerprint density at radius 2 is 2.29 bits per heavy atom. The van der Waals surface area contributed by atoms with Crippen LogP contribution in [-0.2, 0) is 9.84 Å². The summed E-state index contributed by atoms with van der Waals surface area (Å²) in [7, 11) is 0. The largest absolute Gasteiger partial charge is 0.366 e. The normalized spacial score (nSPS) is 9.43. The number of ether oxygens (including phenoxy) is 1. The summed E-state index contributed by atoms with van der Waals surface area (Å²) in [5.74, 6) is 0. The summed E-state index contributed by atoms with van der Waals surface area (Å²) in [6.45, 7) is 0.421. The van der Waals surface area contributed by atoms with Crippen LogP contribution in [0.15, 0.2) is 0 Å². The fourth-order valence-electron chi connectivity index (χ4n) is 0.216. The average Bonchev–Trinajstić information content (AvgIpc) is 1.69. The molecule has 0 saturated carbocycles. The predicted molar refractivity (Wildman–Crippen MR) is 26.8 cm³/mol. The fraction of sp³-hybridized carbons (Fsp3) is 1.00. The van der Waals surface area contributed by atoms with Gasteiger partial charge in [0.2, 0.25) is 0 Å². The number of alkyl halides is 1. The first-order valence-corrected chi connectivity index (χ1v) is 2.67. The lowest BCUT2D eigenvalue weighted by molar-refractivity contribution is 0.124. The monoisotopic (exact) mass is 123 g/mol. The van der Waals surface area contributed by atoms with E-state index in [2.05, 4.69) is 4.74 Å². The molecule has 0 heterocycles. The van der Waals surface area contributed by atoms with E-state index in [0.29, 0.717) is 13.0 Å². The van der Waals surface area contributed by atoms with Crippen LogP contribution in [0.1, 0.15) is 6.42 Å². The van der Waals surface area contributed by atoms with Gasteiger partial charge in [0.25, 0.3) is 0 Å². The summed E-state index contributed by atoms with van der Waals surface area (Å²) in [5.41, 5.74) is 0. The van der Waals surface area contributed by atoms with Crippen LogP contribution in [0.4, 0.5) is 0 Å². The van der Waals surface area contributed by atoms with Crippen molar-refractivity contribution in [2.45, 2.75) is 6.42 Å². The lowest BCUT2D eigenvalue weighted by atomic mass is 10.5. The molecule has 1 radical (unpaired) electrons. The molecule has 0 aliphatic heterocycles. The molecule has 0 amide bonds. The van der Waals surface area contributed by atoms with Gasteiger partial charge in [0, 0.05) is 0 Å². The smallest absolute Gasteiger partial charge is 0.120 e. The molecule has 0 unspecified atom stereocenters. The number of rotatable bonds is 4. The Labute approximate surface area is 48.0 Å². The lowest BCUT2D eigenvalue weighted by Gasteiger charge is -1.92. The standard InChI is InChI=1S/C4H8ClO2/c5-4-7-3-1-2-6/h1-4H2. The summed E-state index contributed by atoms with van der Waals surface area (Å²) < 4.78 is 4.64. The molecule has 0 spiro atoms. The van der Waals surface area contributed by atoms with E-state index < -0.39 is 0 Å². The number of halogens is 1. The molecular weight excluding hydrogens is 115 g/mol. The third-order valence-electron chi connectivity index (χ3n) is 0.510. The molecule has 0 saturated heterocycles. The van der Waals surface area contributed by atoms with Crippen LogP contribution in [-0.4, -0.2) is 19.3 Å². The van der Waals surface area contributed by atoms with Crippen molar-refractivity contribution in [3.8, 4) is 0 Å². The van der Waals surface area contributed by atoms with Crippen molar-refractivity contribution in [1.82, 2.24) is 0 Å². The highest BCUT2D eigenvalue weighted by Gasteiger charge is 1.81. The molecule has 7 heavy (non-hydrogen) atoms. The topological polar surface area (TPSA) is 29.1 Å². The van der Waals surface area contributed by atoms with E-state index in [1.165, 1.54) is 0 Å². The van der Waals surface area contributed by atoms with Crippen LogP contribution >= 0.6 is 11.6 Å². The van der Waals surface area contributed by atoms with E-state index in [1.54, 1.807) is 0 Å². The highest BCUT2D eigenvalue weighted by Crippen LogP contribution is 1.81. The van der Waals surface area contributed by atoms with E-state index in [-0.39, 0.29) is 12.7 Å². The zero-order valence-electron chi connectivity index (χ0n) is 4.02. The van der Waals surface area contributed by atoms with Crippen LogP contribution < -0.4 is 0 Å². The first kappa shape index (κ1) is 7.21. The van der Waals surface area contributed by atoms with Gasteiger partial charge >= 0.3 is 0 Å². The van der Waals surface area contributed by atoms with Crippen LogP contribution in [0, 0.1) is 0 Å². The zero-order valence-corrected chi connectivity index (χ0v) is 4.78. The minimum atomic E-state index is -0.0725. The Balaban J connectivity index is 2.45. The van der Waals surface area contributed by atoms with Gasteiger partial charge in [0.15, 0.2) is 0 Å². The molecule has 0 rings (SSSR count). The van der Waals surface area contributed by atoms with Crippen LogP contribution in [0.3, 0.4) is 0 Å². The first-order valence-electron chi connectivity index (χ1n) is 2.13. The third-order valence-corrected chi connectivity index (χ3v) is 0.664. The maximum atomic E-state index is 9.68. The molecule has 43 valence electrons. The minimum absolute atomic E-state index is 0.0725. The van der Waals surface area contributed by atoms with E-state index >= 15 is 0 Å². The Kier molecular flexibility index (Phi) is 6.40. The molecule has 2 nitrogen and oxygen atoms in total. The van der Waals surface area contributed by atoms with E-state index in [0.717, 1.165) is 0 Å². The van der Waals surface area contributed by atoms with Gasteiger partial charge in [-0.1, -0.05) is 11.6 Å². The molecule has 0 N–H and O–H groups in total. The SMILES string of the molecule is [O]CCCOCCl. The van der Waals surface area contributed by atoms with Crippen molar-refractivity contribution in [1.29, 1.82) is 0 Å². The number of hydrogen-bond acceptors (Lipinski definition) is 1. The number of hydrogen-bond donors (Lipinski definition) is 0. The summed E-state index contributed by atoms with van der Waals surface area (Å²) >= 11 is 5.11. The second-order valence-electron chi connectivity index (χ2n) is 1.08. The quantitative estimate of drug-likeness (QED) is 0.405. The first-order chi connectivity index (χ1) is 3.41. The second-order valence-corrected chi connectivity index (χ2v) is 1.29. The molecule has 0 aromatic carbocycles. The fourth-order valence-corrected chi connectivity index (χ4v) is 0.325. The van der Waals surface area contributed by atoms with Crippen molar-refractivity contribution < 1.29 is 9.84 Å². The van der Waals surface area contributed by atoms with Crippen LogP contribution in [0.25, 0.3) is 0 Å². The molecule has 0 aliphatic carbocycles. The van der Waals surface area contributed by atoms with Gasteiger partial charge in [-0.05, 0) is 6.42 Å². The van der Waals surface area contributed by atoms with Crippen molar-refractivity contribution in [2.75, 3.05) is 19.3 Å². The molecule has 0 atom stereocenters. The summed E-state index contributed by atoms with van der Waals surface area (Å²) in [6.07, 6.45) is 0.562. The molecule has 0 aliphatic rings. The molecule has 0 fully saturated rings. The molecule has 0 bridgehead atoms. The Hall–Kier alpha value is 0.210. The molecule has 3 heteroatoms. The zero-order chi connectivity index (χ0) is 5.54. The Morgan fingerprint density at radius 3 is 2.71 bits per heavy atom. The predicted octanol–water partition coefficient (Wildman–Crippen LogP) is 1.02. The summed E-state index contributed by atoms with van der Waals surface area (Å²) in [6, 6.07) is 0.194. The van der Waals surface area contributed by atoms with Crippen molar-refractivity contribution in [3.05, 3.63) is 0 Å². The summed E-state index contributed by atoms with van der Waals surface area (Å²) in [5, 5.41) is 9.68. The van der Waals surface area contributed by atoms with Gasteiger partial charge < -0.3 is 4.74 Å². The average molecular weight is 124 g/mol. The summed E-state index contributed by atoms with van der Waals surface area (Å²) in [4.78, 5) is 0. The minimum Gasteiger partial charge on any atom is -0.366 e. The van der Waals surface area contributed by atoms with Crippen molar-refractivity contribution in [2.24, 2.45) is 0 Å². The van der Waals surface area contributed by atoms with Gasteiger partial charge in [0.1, 0.15) is 6.07 Å². The molecule has 0 aromatic heterocycles. The highest BCUT2D eigenvalue weighted by atomic mass is 35.5. The Bertz CT molecular complexity index is 28.9. The van der Waals surface area contributed by atoms with Gasteiger partial charge in [-0.15, -0.1) is 0 Å². The second kappa shape index (κ2) is 6.21. The molecular formula is C4H8ClO2. The Morgan fingerprint density at radius 1 is 1.57 bits per heavy atom. The van der Waals surface area contributed by atoms with Crippen LogP contribution in [0.2, 0.25) is 0 Å². The van der Waals surface area contributed by atoms with Crippen molar-refractivity contribution in [3.63, 3.8) is 0 Å². The maximum absolute atomic E-state index is 9.68. The van der Waals surface area contributed by atoms with Gasteiger partial charge in [-0.2, -0.15) is 0 Å². The van der Waals surface area contributed by atoms with E-state index in [9.17, 15) is 5.11 Å². The van der Waals surface area contributed by atoms with Gasteiger partial charge in [-0.25, -0.2) is 5.11 Å². The van der Waals surface area contributed by atoms with Crippen LogP contribution in [0.5, 0.6) is 0 Å². The highest BCUT2D eigenvalue weighted by molar-refractivity contribution is 6.17. The van der Waals surface area contributed by atoms with Crippen molar-refractivity contribution >= 4 is 11.6 Å². The lowest BCUT2D eigenvalue weighted by Crippen LogP contribution is -1.93. The third kappa shape index (κ3) is 6.21. The van der Waals surface area contributed by atoms with E-state index in [4.69, 9.17) is 11.6 Å². The van der Waals surface area contributed by atoms with E-state index in [1.807, 2.05) is 0 Å².